The number of benzene rings is 18. The molecule has 0 atom stereocenters. The van der Waals surface area contributed by atoms with Gasteiger partial charge in [0.2, 0.25) is 0 Å². The van der Waals surface area contributed by atoms with E-state index in [1.54, 1.807) is 0 Å². The first-order chi connectivity index (χ1) is 53.9. The molecule has 0 N–H and O–H groups in total. The molecule has 110 heavy (non-hydrogen) atoms. The van der Waals surface area contributed by atoms with Crippen LogP contribution in [0.15, 0.2) is 340 Å². The first-order valence-electron chi connectivity index (χ1n) is 37.9. The Balaban J connectivity index is 0.539. The van der Waals surface area contributed by atoms with Gasteiger partial charge in [-0.2, -0.15) is 0 Å². The monoisotopic (exact) mass is 1400 g/mol. The van der Waals surface area contributed by atoms with Crippen LogP contribution in [0.5, 0.6) is 0 Å². The Morgan fingerprint density at radius 2 is 0.427 bits per heavy atom. The number of hydrogen-bond acceptors (Lipinski definition) is 6. The van der Waals surface area contributed by atoms with Crippen LogP contribution in [0.1, 0.15) is 49.9 Å². The van der Waals surface area contributed by atoms with Crippen molar-refractivity contribution >= 4 is 64.6 Å². The molecule has 2 aliphatic carbocycles. The highest BCUT2D eigenvalue weighted by atomic mass is 15.0. The van der Waals surface area contributed by atoms with Crippen LogP contribution in [-0.4, -0.2) is 29.9 Å². The lowest BCUT2D eigenvalue weighted by atomic mass is 9.81. The highest BCUT2D eigenvalue weighted by molar-refractivity contribution is 6.27. The fourth-order valence-electron chi connectivity index (χ4n) is 18.1. The van der Waals surface area contributed by atoms with Crippen molar-refractivity contribution in [3.63, 3.8) is 0 Å². The zero-order chi connectivity index (χ0) is 73.1. The molecule has 2 aliphatic rings. The van der Waals surface area contributed by atoms with Gasteiger partial charge in [0.1, 0.15) is 0 Å². The summed E-state index contributed by atoms with van der Waals surface area (Å²) < 4.78 is 0. The molecule has 0 aliphatic heterocycles. The molecule has 0 bridgehead atoms. The van der Waals surface area contributed by atoms with E-state index in [1.165, 1.54) is 154 Å². The summed E-state index contributed by atoms with van der Waals surface area (Å²) in [4.78, 5) is 31.0. The average molecular weight is 1400 g/mol. The van der Waals surface area contributed by atoms with Crippen LogP contribution in [0.25, 0.3) is 211 Å². The van der Waals surface area contributed by atoms with Gasteiger partial charge in [-0.15, -0.1) is 0 Å². The van der Waals surface area contributed by atoms with Crippen molar-refractivity contribution in [1.29, 1.82) is 0 Å². The van der Waals surface area contributed by atoms with Crippen LogP contribution in [0.2, 0.25) is 0 Å². The van der Waals surface area contributed by atoms with E-state index >= 15 is 0 Å². The van der Waals surface area contributed by atoms with Crippen LogP contribution < -0.4 is 0 Å². The first kappa shape index (κ1) is 63.3. The Bertz CT molecular complexity index is 7030. The van der Waals surface area contributed by atoms with Crippen molar-refractivity contribution in [3.8, 4) is 146 Å². The molecule has 514 valence electrons. The zero-order valence-corrected chi connectivity index (χ0v) is 61.0. The molecule has 0 radical (unpaired) electrons. The molecule has 0 unspecified atom stereocenters. The van der Waals surface area contributed by atoms with Crippen LogP contribution in [-0.2, 0) is 10.8 Å². The third-order valence-corrected chi connectivity index (χ3v) is 23.8. The minimum absolute atomic E-state index is 0.271. The third-order valence-electron chi connectivity index (χ3n) is 23.8. The lowest BCUT2D eigenvalue weighted by molar-refractivity contribution is 0.660. The highest BCUT2D eigenvalue weighted by Gasteiger charge is 2.38. The second kappa shape index (κ2) is 24.3. The van der Waals surface area contributed by atoms with E-state index in [9.17, 15) is 0 Å². The van der Waals surface area contributed by atoms with Gasteiger partial charge in [-0.3, -0.25) is 0 Å². The molecule has 6 nitrogen and oxygen atoms in total. The van der Waals surface area contributed by atoms with Crippen molar-refractivity contribution in [2.75, 3.05) is 0 Å². The Labute approximate surface area is 637 Å². The van der Waals surface area contributed by atoms with Gasteiger partial charge in [0.15, 0.2) is 34.9 Å². The maximum Gasteiger partial charge on any atom is 0.164 e. The van der Waals surface area contributed by atoms with E-state index in [2.05, 4.69) is 313 Å². The van der Waals surface area contributed by atoms with Crippen molar-refractivity contribution < 1.29 is 0 Å². The minimum Gasteiger partial charge on any atom is -0.208 e. The van der Waals surface area contributed by atoms with Gasteiger partial charge in [-0.25, -0.2) is 29.9 Å². The summed E-state index contributed by atoms with van der Waals surface area (Å²) in [5.74, 6) is 3.86. The molecule has 18 aromatic carbocycles. The van der Waals surface area contributed by atoms with E-state index in [4.69, 9.17) is 29.9 Å². The fraction of sp³-hybridized carbons (Fsp3) is 0.0577. The SMILES string of the molecule is CC1(C)c2cc(-c3ccc(-c4ccc5ccc6cc(-c7cccc(-c8nc(-c9ccccc9)nc(-c9ccc%10c(c9)C(C)(C)c9cc(-c%11ccc(-c%12cc%13ccc%14cccc%15ccc(c%12)c%13c%14%15)cc%11)ccc9-%10)n8)c7)cc7ccc4c5c67)cc3)ccc2-c2ccc(-c3nc(-c4ccccc4)nc(-c4ccccc4)n3)cc21. The molecule has 0 saturated heterocycles. The second-order valence-electron chi connectivity index (χ2n) is 30.9. The van der Waals surface area contributed by atoms with Crippen LogP contribution >= 0.6 is 0 Å². The van der Waals surface area contributed by atoms with Gasteiger partial charge in [-0.1, -0.05) is 313 Å². The van der Waals surface area contributed by atoms with E-state index in [1.807, 2.05) is 54.6 Å². The van der Waals surface area contributed by atoms with Gasteiger partial charge in [0.25, 0.3) is 0 Å². The number of hydrogen-bond donors (Lipinski definition) is 0. The number of nitrogens with zero attached hydrogens (tertiary/aromatic N) is 6. The van der Waals surface area contributed by atoms with Gasteiger partial charge in [0.05, 0.1) is 0 Å². The van der Waals surface area contributed by atoms with Crippen molar-refractivity contribution in [1.82, 2.24) is 29.9 Å². The molecule has 2 heterocycles. The molecule has 0 fully saturated rings. The largest absolute Gasteiger partial charge is 0.208 e. The molecule has 22 rings (SSSR count). The molecular weight excluding hydrogens is 1330 g/mol. The molecule has 2 aromatic heterocycles. The predicted molar refractivity (Wildman–Crippen MR) is 456 cm³/mol. The maximum absolute atomic E-state index is 5.37. The maximum atomic E-state index is 5.37. The standard InChI is InChI=1S/C104H68N6/c1-103(2)89-57-72(61-26-28-63(29-27-61)81-53-74-37-34-65-22-14-23-66-35-38-75(54-81)94(74)93(65)66)41-47-84(89)87-50-45-80(60-92(87)103)102-109-99(70-20-12-7-13-21-70)106-100(110-102)78-25-15-24-71(52-78)82-55-76-39-36-67-40-46-83(88-51-43-77(56-82)95(76)96(67)88)64-32-30-62(31-33-64)73-42-48-85-86-49-44-79(59-91(86)104(3,4)90(85)58-73)101-107-97(68-16-8-5-9-17-68)105-98(108-101)69-18-10-6-11-19-69/h5-60H,1-4H3. The Hall–Kier alpha value is -13.9. The van der Waals surface area contributed by atoms with E-state index in [0.717, 1.165) is 44.5 Å². The quantitative estimate of drug-likeness (QED) is 0.120. The van der Waals surface area contributed by atoms with E-state index in [-0.39, 0.29) is 10.8 Å². The zero-order valence-electron chi connectivity index (χ0n) is 61.0. The van der Waals surface area contributed by atoms with Gasteiger partial charge >= 0.3 is 0 Å². The Kier molecular flexibility index (Phi) is 14.0. The Morgan fingerprint density at radius 3 is 0.864 bits per heavy atom. The number of fused-ring (bicyclic) bond motifs is 6. The average Bonchev–Trinajstić information content (AvgIpc) is 1.16. The molecule has 0 saturated carbocycles. The van der Waals surface area contributed by atoms with Gasteiger partial charge in [0, 0.05) is 44.2 Å². The summed E-state index contributed by atoms with van der Waals surface area (Å²) in [6, 6.07) is 124. The van der Waals surface area contributed by atoms with Gasteiger partial charge < -0.3 is 0 Å². The number of aromatic nitrogens is 6. The van der Waals surface area contributed by atoms with E-state index < -0.39 is 0 Å². The van der Waals surface area contributed by atoms with Crippen molar-refractivity contribution in [2.45, 2.75) is 38.5 Å². The third kappa shape index (κ3) is 10.2. The first-order valence-corrected chi connectivity index (χ1v) is 37.9. The summed E-state index contributed by atoms with van der Waals surface area (Å²) >= 11 is 0. The predicted octanol–water partition coefficient (Wildman–Crippen LogP) is 26.8. The van der Waals surface area contributed by atoms with Crippen molar-refractivity contribution in [2.24, 2.45) is 0 Å². The van der Waals surface area contributed by atoms with E-state index in [0.29, 0.717) is 34.9 Å². The number of rotatable bonds is 11. The summed E-state index contributed by atoms with van der Waals surface area (Å²) in [5, 5.41) is 15.2. The van der Waals surface area contributed by atoms with Gasteiger partial charge in [-0.05, 0) is 219 Å². The Morgan fingerprint density at radius 1 is 0.164 bits per heavy atom. The summed E-state index contributed by atoms with van der Waals surface area (Å²) in [6.45, 7) is 9.38. The van der Waals surface area contributed by atoms with Crippen molar-refractivity contribution in [3.05, 3.63) is 362 Å². The van der Waals surface area contributed by atoms with Crippen LogP contribution in [0.4, 0.5) is 0 Å². The second-order valence-corrected chi connectivity index (χ2v) is 30.9. The molecular formula is C104H68N6. The topological polar surface area (TPSA) is 77.3 Å². The molecule has 6 heteroatoms. The molecule has 0 amide bonds. The van der Waals surface area contributed by atoms with Crippen LogP contribution in [0, 0.1) is 0 Å². The fourth-order valence-corrected chi connectivity index (χ4v) is 18.1. The normalized spacial score (nSPS) is 13.2. The highest BCUT2D eigenvalue weighted by Crippen LogP contribution is 2.54. The minimum atomic E-state index is -0.291. The molecule has 0 spiro atoms. The van der Waals surface area contributed by atoms with Crippen LogP contribution in [0.3, 0.4) is 0 Å². The smallest absolute Gasteiger partial charge is 0.164 e. The lowest BCUT2D eigenvalue weighted by Crippen LogP contribution is -2.15. The summed E-state index contributed by atoms with van der Waals surface area (Å²) in [7, 11) is 0. The summed E-state index contributed by atoms with van der Waals surface area (Å²) in [6.07, 6.45) is 0. The lowest BCUT2D eigenvalue weighted by Gasteiger charge is -2.22. The molecule has 20 aromatic rings. The summed E-state index contributed by atoms with van der Waals surface area (Å²) in [5.41, 5.74) is 27.1.